The maximum atomic E-state index is 13.8. The highest BCUT2D eigenvalue weighted by Gasteiger charge is 2.47. The summed E-state index contributed by atoms with van der Waals surface area (Å²) in [5.74, 6) is -4.34. The Balaban J connectivity index is 1.27. The fourth-order valence-electron chi connectivity index (χ4n) is 11.9. The zero-order valence-electron chi connectivity index (χ0n) is 65.9. The number of carbonyl (C=O) groups excluding carboxylic acids is 12. The quantitative estimate of drug-likeness (QED) is 0.0199. The van der Waals surface area contributed by atoms with Gasteiger partial charge >= 0.3 is 0 Å². The molecule has 0 aromatic carbocycles. The SMILES string of the molecule is CC(=O)N[C@H]1[C@H](OCCCCC(=O)NCCCNC(=O)CCOCC(COCCC(=O)NCCCNC(=O)CCCCOC2OCCC[C@H]2NC(C)=O)(COCCC(=O)NCCCNC(=O)CCCCO[C@@H]2O[C@H](CO)[C@H](O)[C@H](O)[C@H]2NC(C)=O)NC(=O)CCOCCOCCOCCN2C(=O)C=CC2=O)O[C@H](CO)[C@H](O)[C@@H]1O. The summed E-state index contributed by atoms with van der Waals surface area (Å²) in [5.41, 5.74) is -1.49. The standard InChI is InChI=1S/C73H125N11O30/c1-49(87)80-52-14-10-34-110-70(52)109-31-7-4-15-55(90)74-24-11-27-77-58(93)20-36-106-46-73(83-61(96)23-35-103-40-42-105-43-41-104-39-30-84-62(97)18-19-63(84)98,47-107-37-21-59(94)78-28-12-25-75-56(91)16-5-8-32-111-71-64(81-50(2)88)68(101)66(99)53(44-85)113-71)48-108-38-22-60(95)79-29-13-26-76-57(92)17-6-9-33-112-72-65(82-51(3)89)69(102)67(100)54(45-86)114-72/h18-19,52-54,64-72,85-86,99-102H,4-17,20-48H2,1-3H3,(H,74,90)(H,75,91)(H,76,92)(H,77,93)(H,78,94)(H,79,95)(H,80,87)(H,81,88)(H,82,89)(H,83,96)/t52-,53-,54-,64-,65-,66+,67+,68-,69-,70?,71-,72-/m1/s1. The van der Waals surface area contributed by atoms with E-state index in [1.807, 2.05) is 0 Å². The molecular weight excluding hydrogens is 1510 g/mol. The van der Waals surface area contributed by atoms with Gasteiger partial charge in [0.1, 0.15) is 54.2 Å². The second kappa shape index (κ2) is 58.7. The van der Waals surface area contributed by atoms with E-state index in [4.69, 9.17) is 56.8 Å². The molecule has 0 saturated carbocycles. The molecule has 0 aliphatic carbocycles. The van der Waals surface area contributed by atoms with Crippen LogP contribution < -0.4 is 53.2 Å². The number of amides is 12. The van der Waals surface area contributed by atoms with Crippen LogP contribution in [0.4, 0.5) is 0 Å². The average Bonchev–Trinajstić information content (AvgIpc) is 0.828. The normalized spacial score (nSPS) is 22.2. The van der Waals surface area contributed by atoms with Gasteiger partial charge in [0, 0.05) is 144 Å². The molecule has 41 nitrogen and oxygen atoms in total. The largest absolute Gasteiger partial charge is 0.394 e. The van der Waals surface area contributed by atoms with Gasteiger partial charge in [-0.3, -0.25) is 62.4 Å². The first-order chi connectivity index (χ1) is 54.8. The second-order valence-electron chi connectivity index (χ2n) is 27.7. The Kier molecular flexibility index (Phi) is 51.1. The fourth-order valence-corrected chi connectivity index (χ4v) is 11.9. The van der Waals surface area contributed by atoms with Crippen LogP contribution in [0.15, 0.2) is 12.2 Å². The summed E-state index contributed by atoms with van der Waals surface area (Å²) in [5, 5.41) is 88.2. The van der Waals surface area contributed by atoms with Crippen LogP contribution in [0.2, 0.25) is 0 Å². The third-order valence-corrected chi connectivity index (χ3v) is 17.9. The number of hydrogen-bond acceptors (Lipinski definition) is 30. The van der Waals surface area contributed by atoms with Crippen molar-refractivity contribution in [1.29, 1.82) is 0 Å². The van der Waals surface area contributed by atoms with Crippen LogP contribution in [0.5, 0.6) is 0 Å². The number of aliphatic hydroxyl groups is 6. The summed E-state index contributed by atoms with van der Waals surface area (Å²) in [7, 11) is 0. The Labute approximate surface area is 664 Å². The molecule has 114 heavy (non-hydrogen) atoms. The minimum absolute atomic E-state index is 0.0594. The Bertz CT molecular complexity index is 2790. The summed E-state index contributed by atoms with van der Waals surface area (Å²) in [6, 6.07) is -2.43. The molecule has 0 radical (unpaired) electrons. The van der Waals surface area contributed by atoms with Crippen LogP contribution in [0.3, 0.4) is 0 Å². The smallest absolute Gasteiger partial charge is 0.253 e. The highest BCUT2D eigenvalue weighted by molar-refractivity contribution is 6.12. The molecule has 4 aliphatic rings. The van der Waals surface area contributed by atoms with E-state index in [-0.39, 0.29) is 212 Å². The van der Waals surface area contributed by atoms with Gasteiger partial charge in [0.15, 0.2) is 18.9 Å². The van der Waals surface area contributed by atoms with Crippen molar-refractivity contribution in [2.24, 2.45) is 0 Å². The lowest BCUT2D eigenvalue weighted by atomic mass is 9.97. The molecule has 0 bridgehead atoms. The van der Waals surface area contributed by atoms with Crippen LogP contribution in [-0.2, 0) is 114 Å². The summed E-state index contributed by atoms with van der Waals surface area (Å²) >= 11 is 0. The molecule has 12 atom stereocenters. The van der Waals surface area contributed by atoms with E-state index < -0.39 is 128 Å². The van der Waals surface area contributed by atoms with Gasteiger partial charge in [0.25, 0.3) is 11.8 Å². The van der Waals surface area contributed by atoms with Gasteiger partial charge in [-0.25, -0.2) is 0 Å². The van der Waals surface area contributed by atoms with Crippen LogP contribution in [0, 0.1) is 0 Å². The minimum atomic E-state index is -1.49. The van der Waals surface area contributed by atoms with Gasteiger partial charge in [-0.1, -0.05) is 0 Å². The van der Waals surface area contributed by atoms with Crippen LogP contribution in [0.1, 0.15) is 136 Å². The number of unbranched alkanes of at least 4 members (excludes halogenated alkanes) is 3. The van der Waals surface area contributed by atoms with Gasteiger partial charge in [-0.05, 0) is 70.6 Å². The van der Waals surface area contributed by atoms with Gasteiger partial charge in [-0.2, -0.15) is 0 Å². The third kappa shape index (κ3) is 42.1. The maximum Gasteiger partial charge on any atom is 0.253 e. The van der Waals surface area contributed by atoms with Crippen molar-refractivity contribution in [3.8, 4) is 0 Å². The number of nitrogens with one attached hydrogen (secondary N) is 10. The molecule has 41 heteroatoms. The van der Waals surface area contributed by atoms with E-state index in [2.05, 4.69) is 53.2 Å². The molecule has 0 aromatic heterocycles. The Morgan fingerprint density at radius 2 is 0.754 bits per heavy atom. The van der Waals surface area contributed by atoms with E-state index in [1.54, 1.807) is 0 Å². The van der Waals surface area contributed by atoms with Crippen molar-refractivity contribution in [2.75, 3.05) is 165 Å². The molecule has 3 saturated heterocycles. The highest BCUT2D eigenvalue weighted by atomic mass is 16.7. The third-order valence-electron chi connectivity index (χ3n) is 17.9. The van der Waals surface area contributed by atoms with E-state index >= 15 is 0 Å². The van der Waals surface area contributed by atoms with Crippen LogP contribution >= 0.6 is 0 Å². The number of carbonyl (C=O) groups is 12. The Morgan fingerprint density at radius 1 is 0.412 bits per heavy atom. The molecule has 4 heterocycles. The van der Waals surface area contributed by atoms with Crippen molar-refractivity contribution in [2.45, 2.75) is 216 Å². The topological polar surface area (TPSA) is 561 Å². The van der Waals surface area contributed by atoms with E-state index in [9.17, 15) is 88.2 Å². The zero-order valence-corrected chi connectivity index (χ0v) is 65.9. The Morgan fingerprint density at radius 3 is 1.13 bits per heavy atom. The zero-order chi connectivity index (χ0) is 83.3. The van der Waals surface area contributed by atoms with Crippen LogP contribution in [-0.4, -0.2) is 350 Å². The van der Waals surface area contributed by atoms with Crippen molar-refractivity contribution in [3.63, 3.8) is 0 Å². The second-order valence-corrected chi connectivity index (χ2v) is 27.7. The lowest BCUT2D eigenvalue weighted by molar-refractivity contribution is -0.270. The molecule has 4 rings (SSSR count). The van der Waals surface area contributed by atoms with E-state index in [0.717, 1.165) is 17.7 Å². The number of hydrogen-bond donors (Lipinski definition) is 16. The monoisotopic (exact) mass is 1640 g/mol. The highest BCUT2D eigenvalue weighted by Crippen LogP contribution is 2.25. The predicted octanol–water partition coefficient (Wildman–Crippen LogP) is -5.62. The van der Waals surface area contributed by atoms with E-state index in [0.29, 0.717) is 77.5 Å². The molecule has 0 aromatic rings. The molecule has 16 N–H and O–H groups in total. The van der Waals surface area contributed by atoms with Crippen molar-refractivity contribution >= 4 is 70.9 Å². The van der Waals surface area contributed by atoms with Gasteiger partial charge in [0.05, 0.1) is 105 Å². The lowest BCUT2D eigenvalue weighted by Gasteiger charge is -2.42. The van der Waals surface area contributed by atoms with E-state index in [1.165, 1.54) is 32.9 Å². The lowest BCUT2D eigenvalue weighted by Crippen LogP contribution is -2.64. The van der Waals surface area contributed by atoms with Crippen LogP contribution in [0.25, 0.3) is 0 Å². The Hall–Kier alpha value is -7.14. The number of ether oxygens (including phenoxy) is 12. The number of rotatable bonds is 63. The minimum Gasteiger partial charge on any atom is -0.394 e. The predicted molar refractivity (Wildman–Crippen MR) is 399 cm³/mol. The molecule has 12 amide bonds. The average molecular weight is 1640 g/mol. The van der Waals surface area contributed by atoms with Crippen molar-refractivity contribution in [1.82, 2.24) is 58.1 Å². The van der Waals surface area contributed by atoms with Gasteiger partial charge < -0.3 is 141 Å². The fraction of sp³-hybridized carbons (Fsp3) is 0.808. The molecule has 652 valence electrons. The first-order valence-corrected chi connectivity index (χ1v) is 39.3. The first kappa shape index (κ1) is 99.2. The number of aliphatic hydroxyl groups excluding tert-OH is 6. The summed E-state index contributed by atoms with van der Waals surface area (Å²) < 4.78 is 68.9. The number of imide groups is 1. The summed E-state index contributed by atoms with van der Waals surface area (Å²) in [4.78, 5) is 151. The van der Waals surface area contributed by atoms with Gasteiger partial charge in [0.2, 0.25) is 59.1 Å². The summed E-state index contributed by atoms with van der Waals surface area (Å²) in [6.07, 6.45) is -3.16. The molecule has 1 unspecified atom stereocenters. The molecular formula is C73H125N11O30. The molecule has 0 spiro atoms. The first-order valence-electron chi connectivity index (χ1n) is 39.3. The van der Waals surface area contributed by atoms with Gasteiger partial charge in [-0.15, -0.1) is 0 Å². The molecule has 4 aliphatic heterocycles. The number of nitrogens with zero attached hydrogens (tertiary/aromatic N) is 1. The maximum absolute atomic E-state index is 13.8. The molecule has 3 fully saturated rings. The summed E-state index contributed by atoms with van der Waals surface area (Å²) in [6.45, 7) is 4.56. The van der Waals surface area contributed by atoms with Crippen molar-refractivity contribution < 1.29 is 145 Å². The van der Waals surface area contributed by atoms with Crippen molar-refractivity contribution in [3.05, 3.63) is 12.2 Å².